The van der Waals surface area contributed by atoms with Gasteiger partial charge in [0.05, 0.1) is 19.8 Å². The highest BCUT2D eigenvalue weighted by Gasteiger charge is 2.26. The van der Waals surface area contributed by atoms with Crippen LogP contribution in [0.2, 0.25) is 0 Å². The van der Waals surface area contributed by atoms with Crippen LogP contribution in [0.4, 0.5) is 0 Å². The largest absolute Gasteiger partial charge is 0.478 e. The first-order valence-corrected chi connectivity index (χ1v) is 7.78. The summed E-state index contributed by atoms with van der Waals surface area (Å²) in [7, 11) is 0. The maximum absolute atomic E-state index is 9.55. The van der Waals surface area contributed by atoms with Crippen molar-refractivity contribution in [2.75, 3.05) is 32.9 Å². The third kappa shape index (κ3) is 8.96. The lowest BCUT2D eigenvalue weighted by atomic mass is 10.0. The average molecular weight is 353 g/mol. The number of nitrogens with one attached hydrogen (secondary N) is 1. The molecule has 0 radical (unpaired) electrons. The molecule has 1 aromatic rings. The molecule has 0 saturated carbocycles. The predicted molar refractivity (Wildman–Crippen MR) is 89.2 cm³/mol. The molecular weight excluding hydrogens is 330 g/mol. The molecule has 1 aliphatic rings. The van der Waals surface area contributed by atoms with Crippen molar-refractivity contribution in [2.45, 2.75) is 12.2 Å². The fourth-order valence-electron chi connectivity index (χ4n) is 2.16. The van der Waals surface area contributed by atoms with Crippen LogP contribution in [0.5, 0.6) is 0 Å². The van der Waals surface area contributed by atoms with E-state index in [9.17, 15) is 9.59 Å². The minimum Gasteiger partial charge on any atom is -0.478 e. The van der Waals surface area contributed by atoms with E-state index in [0.717, 1.165) is 18.7 Å². The molecule has 1 aromatic carbocycles. The molecule has 2 unspecified atom stereocenters. The van der Waals surface area contributed by atoms with Gasteiger partial charge in [-0.25, -0.2) is 9.59 Å². The lowest BCUT2D eigenvalue weighted by Crippen LogP contribution is -2.42. The Morgan fingerprint density at radius 1 is 1.24 bits per heavy atom. The summed E-state index contributed by atoms with van der Waals surface area (Å²) < 4.78 is 11.4. The Morgan fingerprint density at radius 2 is 1.88 bits per heavy atom. The molecule has 25 heavy (non-hydrogen) atoms. The molecule has 1 fully saturated rings. The van der Waals surface area contributed by atoms with E-state index < -0.39 is 11.9 Å². The molecule has 2 rings (SSSR count). The number of aliphatic hydroxyl groups is 1. The van der Waals surface area contributed by atoms with Crippen molar-refractivity contribution < 1.29 is 34.4 Å². The Labute approximate surface area is 145 Å². The minimum absolute atomic E-state index is 0.0118. The molecule has 138 valence electrons. The van der Waals surface area contributed by atoms with Gasteiger partial charge in [0.15, 0.2) is 0 Å². The number of hydrogen-bond acceptors (Lipinski definition) is 6. The van der Waals surface area contributed by atoms with Gasteiger partial charge in [0.2, 0.25) is 0 Å². The summed E-state index contributed by atoms with van der Waals surface area (Å²) >= 11 is 0. The third-order valence-corrected chi connectivity index (χ3v) is 3.18. The zero-order valence-corrected chi connectivity index (χ0v) is 13.7. The summed E-state index contributed by atoms with van der Waals surface area (Å²) in [5.74, 6) is -2.51. The third-order valence-electron chi connectivity index (χ3n) is 3.18. The molecule has 0 aromatic heterocycles. The standard InChI is InChI=1S/C13H19NO3.C4H4O4/c15-7-9-17-13(11-4-2-1-3-5-11)12-10-14-6-8-16-12;5-3(6)1-2-4(7)8/h1-5,12-15H,6-10H2;1-2H,(H,5,6)(H,7,8). The smallest absolute Gasteiger partial charge is 0.328 e. The average Bonchev–Trinajstić information content (AvgIpc) is 2.63. The van der Waals surface area contributed by atoms with Gasteiger partial charge in [0.1, 0.15) is 12.2 Å². The Hall–Kier alpha value is -2.26. The normalized spacial score (nSPS) is 18.2. The fourth-order valence-corrected chi connectivity index (χ4v) is 2.16. The summed E-state index contributed by atoms with van der Waals surface area (Å²) in [6.45, 7) is 2.74. The van der Waals surface area contributed by atoms with E-state index in [2.05, 4.69) is 5.32 Å². The highest BCUT2D eigenvalue weighted by molar-refractivity contribution is 5.89. The van der Waals surface area contributed by atoms with E-state index in [1.165, 1.54) is 0 Å². The molecular formula is C17H23NO7. The summed E-state index contributed by atoms with van der Waals surface area (Å²) in [4.78, 5) is 19.1. The highest BCUT2D eigenvalue weighted by atomic mass is 16.5. The van der Waals surface area contributed by atoms with Crippen LogP contribution in [-0.4, -0.2) is 66.3 Å². The number of carboxylic acid groups (broad SMARTS) is 2. The van der Waals surface area contributed by atoms with Gasteiger partial charge < -0.3 is 30.1 Å². The number of benzene rings is 1. The first kappa shape index (κ1) is 20.8. The van der Waals surface area contributed by atoms with Crippen molar-refractivity contribution in [1.29, 1.82) is 0 Å². The Kier molecular flexibility index (Phi) is 10.1. The number of aliphatic hydroxyl groups excluding tert-OH is 1. The number of ether oxygens (including phenoxy) is 2. The maximum atomic E-state index is 9.55. The Morgan fingerprint density at radius 3 is 2.36 bits per heavy atom. The van der Waals surface area contributed by atoms with Crippen LogP contribution in [0.3, 0.4) is 0 Å². The van der Waals surface area contributed by atoms with Gasteiger partial charge in [-0.2, -0.15) is 0 Å². The van der Waals surface area contributed by atoms with E-state index in [0.29, 0.717) is 25.4 Å². The number of carbonyl (C=O) groups is 2. The van der Waals surface area contributed by atoms with Gasteiger partial charge in [0, 0.05) is 25.2 Å². The molecule has 1 saturated heterocycles. The van der Waals surface area contributed by atoms with Crippen molar-refractivity contribution in [3.8, 4) is 0 Å². The van der Waals surface area contributed by atoms with Crippen molar-refractivity contribution in [1.82, 2.24) is 5.32 Å². The molecule has 4 N–H and O–H groups in total. The number of aliphatic carboxylic acids is 2. The first-order valence-electron chi connectivity index (χ1n) is 7.78. The summed E-state index contributed by atoms with van der Waals surface area (Å²) in [5, 5.41) is 27.8. The molecule has 1 heterocycles. The SMILES string of the molecule is O=C(O)C=CC(=O)O.OCCOC(c1ccccc1)C1CNCCO1. The number of carboxylic acids is 2. The highest BCUT2D eigenvalue weighted by Crippen LogP contribution is 2.24. The van der Waals surface area contributed by atoms with Gasteiger partial charge in [-0.1, -0.05) is 30.3 Å². The Balaban J connectivity index is 0.000000333. The quantitative estimate of drug-likeness (QED) is 0.520. The zero-order chi connectivity index (χ0) is 18.5. The number of rotatable bonds is 7. The van der Waals surface area contributed by atoms with Crippen LogP contribution in [0.25, 0.3) is 0 Å². The lowest BCUT2D eigenvalue weighted by Gasteiger charge is -2.31. The summed E-state index contributed by atoms with van der Waals surface area (Å²) in [6, 6.07) is 10.0. The minimum atomic E-state index is -1.26. The van der Waals surface area contributed by atoms with E-state index in [1.807, 2.05) is 30.3 Å². The van der Waals surface area contributed by atoms with Gasteiger partial charge in [-0.05, 0) is 5.56 Å². The van der Waals surface area contributed by atoms with Crippen LogP contribution in [0, 0.1) is 0 Å². The Bertz CT molecular complexity index is 525. The first-order chi connectivity index (χ1) is 12.0. The van der Waals surface area contributed by atoms with Crippen LogP contribution >= 0.6 is 0 Å². The van der Waals surface area contributed by atoms with E-state index in [-0.39, 0.29) is 18.8 Å². The van der Waals surface area contributed by atoms with Gasteiger partial charge >= 0.3 is 11.9 Å². The van der Waals surface area contributed by atoms with Gasteiger partial charge in [-0.3, -0.25) is 0 Å². The van der Waals surface area contributed by atoms with E-state index in [1.54, 1.807) is 0 Å². The monoisotopic (exact) mass is 353 g/mol. The van der Waals surface area contributed by atoms with Gasteiger partial charge in [-0.15, -0.1) is 0 Å². The van der Waals surface area contributed by atoms with Crippen molar-refractivity contribution >= 4 is 11.9 Å². The number of hydrogen-bond donors (Lipinski definition) is 4. The second-order valence-corrected chi connectivity index (χ2v) is 5.05. The molecule has 0 bridgehead atoms. The van der Waals surface area contributed by atoms with Crippen LogP contribution < -0.4 is 5.32 Å². The zero-order valence-electron chi connectivity index (χ0n) is 13.7. The predicted octanol–water partition coefficient (Wildman–Crippen LogP) is 0.437. The van der Waals surface area contributed by atoms with Crippen LogP contribution in [0.1, 0.15) is 11.7 Å². The van der Waals surface area contributed by atoms with Crippen molar-refractivity contribution in [2.24, 2.45) is 0 Å². The molecule has 1 aliphatic heterocycles. The molecule has 0 amide bonds. The molecule has 2 atom stereocenters. The van der Waals surface area contributed by atoms with Crippen molar-refractivity contribution in [3.05, 3.63) is 48.0 Å². The van der Waals surface area contributed by atoms with E-state index in [4.69, 9.17) is 24.8 Å². The molecule has 0 spiro atoms. The van der Waals surface area contributed by atoms with Crippen molar-refractivity contribution in [3.63, 3.8) is 0 Å². The fraction of sp³-hybridized carbons (Fsp3) is 0.412. The lowest BCUT2D eigenvalue weighted by molar-refractivity contribution is -0.134. The molecule has 8 nitrogen and oxygen atoms in total. The van der Waals surface area contributed by atoms with Crippen LogP contribution in [-0.2, 0) is 19.1 Å². The second kappa shape index (κ2) is 12.2. The maximum Gasteiger partial charge on any atom is 0.328 e. The van der Waals surface area contributed by atoms with E-state index >= 15 is 0 Å². The topological polar surface area (TPSA) is 125 Å². The van der Waals surface area contributed by atoms with Gasteiger partial charge in [0.25, 0.3) is 0 Å². The molecule has 0 aliphatic carbocycles. The number of morpholine rings is 1. The second-order valence-electron chi connectivity index (χ2n) is 5.05. The van der Waals surface area contributed by atoms with Crippen LogP contribution in [0.15, 0.2) is 42.5 Å². The summed E-state index contributed by atoms with van der Waals surface area (Å²) in [6.07, 6.45) is 1.01. The molecule has 8 heteroatoms. The summed E-state index contributed by atoms with van der Waals surface area (Å²) in [5.41, 5.74) is 1.09.